The van der Waals surface area contributed by atoms with Gasteiger partial charge in [-0.15, -0.1) is 0 Å². The summed E-state index contributed by atoms with van der Waals surface area (Å²) in [5.74, 6) is -6.03. The molecule has 4 saturated heterocycles. The highest BCUT2D eigenvalue weighted by atomic mass is 16.5. The standard InChI is InChI=1S/C28H28N4O7.3C27H27N3O6/c1-11-23(34)14-8-17-22-21-15(24(35)12(2)28(39-6)26(21)37)7-16(31(22)4)18(9-29)32(17)19(10-30-13(3)33)20(14)25(36)27(11)38-5;3*1-7-15-19-13(22(31)11(2)26(35-5)24(19)33)9-17-21-20-14(23(32)12(3)27(36-6)25(20)34)8-16(29(21)4)18(10-28)30(15)17/h8,16,18-19,22H,7,10H2,1-6H3,(H,30,33);3*9,15-16,18,21H,7-8H2,1-6H3/t16-,18-,19-,22-;3*15-,16-,18-,21-/m0000/s1. The summed E-state index contributed by atoms with van der Waals surface area (Å²) in [5, 5.41) is 44.1. The molecule has 12 heterocycles. The van der Waals surface area contributed by atoms with Gasteiger partial charge in [0.2, 0.25) is 52.2 Å². The molecule has 38 nitrogen and oxygen atoms in total. The summed E-state index contributed by atoms with van der Waals surface area (Å²) < 4.78 is 42.5. The Morgan fingerprint density at radius 3 is 0.626 bits per heavy atom. The minimum Gasteiger partial charge on any atom is -0.492 e. The van der Waals surface area contributed by atoms with E-state index in [1.165, 1.54) is 70.7 Å². The van der Waals surface area contributed by atoms with Crippen LogP contribution in [-0.4, -0.2) is 326 Å². The van der Waals surface area contributed by atoms with Crippen LogP contribution in [0.4, 0.5) is 0 Å². The molecule has 8 aliphatic carbocycles. The molecule has 8 bridgehead atoms. The average Bonchev–Trinajstić information content (AvgIpc) is 0.715. The van der Waals surface area contributed by atoms with Crippen LogP contribution in [-0.2, 0) is 119 Å². The summed E-state index contributed by atoms with van der Waals surface area (Å²) in [6, 6.07) is -0.561. The van der Waals surface area contributed by atoms with Gasteiger partial charge in [-0.2, -0.15) is 21.0 Å². The molecule has 20 aliphatic rings. The molecule has 760 valence electrons. The lowest BCUT2D eigenvalue weighted by atomic mass is 9.70. The lowest BCUT2D eigenvalue weighted by Gasteiger charge is -2.57. The highest BCUT2D eigenvalue weighted by Crippen LogP contribution is 2.57. The smallest absolute Gasteiger partial charge is 0.226 e. The number of nitriles is 4. The van der Waals surface area contributed by atoms with Crippen molar-refractivity contribution in [1.82, 2.24) is 44.5 Å². The van der Waals surface area contributed by atoms with E-state index in [0.717, 1.165) is 0 Å². The molecule has 0 aromatic carbocycles. The number of carbonyl (C=O) groups excluding carboxylic acids is 17. The first kappa shape index (κ1) is 103. The number of ketones is 16. The Balaban J connectivity index is 0.000000134. The third-order valence-electron chi connectivity index (χ3n) is 32.7. The lowest BCUT2D eigenvalue weighted by Crippen LogP contribution is -2.68. The van der Waals surface area contributed by atoms with E-state index in [1.54, 1.807) is 84.7 Å². The Morgan fingerprint density at radius 2 is 0.456 bits per heavy atom. The summed E-state index contributed by atoms with van der Waals surface area (Å²) >= 11 is 0. The number of Topliss-reactive ketones (excluding diaryl/α,β-unsaturated/α-hetero) is 16. The number of carbonyl (C=O) groups is 17. The number of fused-ring (bicyclic) bond motifs is 20. The van der Waals surface area contributed by atoms with Gasteiger partial charge in [0, 0.05) is 194 Å². The van der Waals surface area contributed by atoms with Gasteiger partial charge in [0.1, 0.15) is 24.2 Å². The monoisotopic (exact) mass is 2000 g/mol. The first-order chi connectivity index (χ1) is 69.9. The minimum atomic E-state index is -0.891. The number of piperazine rings is 4. The normalized spacial score (nSPS) is 29.8. The van der Waals surface area contributed by atoms with Gasteiger partial charge in [-0.3, -0.25) is 101 Å². The zero-order chi connectivity index (χ0) is 107. The molecule has 0 saturated carbocycles. The van der Waals surface area contributed by atoms with Crippen molar-refractivity contribution in [3.63, 3.8) is 0 Å². The molecule has 1 N–H and O–H groups in total. The summed E-state index contributed by atoms with van der Waals surface area (Å²) in [6.45, 7) is 19.4. The second-order valence-electron chi connectivity index (χ2n) is 39.2. The van der Waals surface area contributed by atoms with Gasteiger partial charge in [-0.05, 0) is 153 Å². The number of rotatable bonds is 13. The van der Waals surface area contributed by atoms with Gasteiger partial charge in [0.25, 0.3) is 0 Å². The van der Waals surface area contributed by atoms with Gasteiger partial charge in [-0.25, -0.2) is 0 Å². The maximum atomic E-state index is 13.7. The summed E-state index contributed by atoms with van der Waals surface area (Å²) in [7, 11) is 18.1. The van der Waals surface area contributed by atoms with Gasteiger partial charge in [0.15, 0.2) is 92.3 Å². The third kappa shape index (κ3) is 14.3. The highest BCUT2D eigenvalue weighted by Gasteiger charge is 2.64. The van der Waals surface area contributed by atoms with E-state index in [9.17, 15) is 103 Å². The van der Waals surface area contributed by atoms with Crippen LogP contribution >= 0.6 is 0 Å². The summed E-state index contributed by atoms with van der Waals surface area (Å²) in [4.78, 5) is 243. The Bertz CT molecular complexity index is 6780. The molecular formula is C109H109N13O25. The zero-order valence-electron chi connectivity index (χ0n) is 85.8. The maximum absolute atomic E-state index is 13.7. The molecule has 0 spiro atoms. The van der Waals surface area contributed by atoms with Crippen LogP contribution in [0.1, 0.15) is 128 Å². The minimum absolute atomic E-state index is 0.00958. The number of hydrogen-bond donors (Lipinski definition) is 1. The first-order valence-corrected chi connectivity index (χ1v) is 48.2. The molecule has 0 unspecified atom stereocenters. The van der Waals surface area contributed by atoms with E-state index < -0.39 is 114 Å². The Kier molecular flexibility index (Phi) is 26.4. The Morgan fingerprint density at radius 1 is 0.286 bits per heavy atom. The molecule has 0 radical (unpaired) electrons. The van der Waals surface area contributed by atoms with Crippen molar-refractivity contribution in [2.75, 3.05) is 91.6 Å². The lowest BCUT2D eigenvalue weighted by molar-refractivity contribution is -0.121. The van der Waals surface area contributed by atoms with E-state index in [4.69, 9.17) is 37.9 Å². The van der Waals surface area contributed by atoms with Crippen molar-refractivity contribution in [2.45, 2.75) is 225 Å². The number of hydrogen-bond acceptors (Lipinski definition) is 37. The van der Waals surface area contributed by atoms with Crippen molar-refractivity contribution < 1.29 is 119 Å². The van der Waals surface area contributed by atoms with Crippen LogP contribution in [0.15, 0.2) is 227 Å². The number of nitrogens with zero attached hydrogens (tertiary/aromatic N) is 12. The van der Waals surface area contributed by atoms with Gasteiger partial charge in [-0.1, -0.05) is 20.8 Å². The van der Waals surface area contributed by atoms with E-state index in [-0.39, 0.29) is 237 Å². The highest BCUT2D eigenvalue weighted by molar-refractivity contribution is 6.32. The number of nitrogens with one attached hydrogen (secondary N) is 1. The third-order valence-corrected chi connectivity index (χ3v) is 32.7. The van der Waals surface area contributed by atoms with Crippen molar-refractivity contribution in [1.29, 1.82) is 21.0 Å². The number of allylic oxidation sites excluding steroid dienone is 24. The Labute approximate surface area is 846 Å². The maximum Gasteiger partial charge on any atom is 0.226 e. The Hall–Kier alpha value is -15.6. The van der Waals surface area contributed by atoms with Crippen molar-refractivity contribution in [3.8, 4) is 24.3 Å². The van der Waals surface area contributed by atoms with E-state index in [0.29, 0.717) is 97.8 Å². The average molecular weight is 2000 g/mol. The summed E-state index contributed by atoms with van der Waals surface area (Å²) in [5.41, 5.74) is 8.45. The van der Waals surface area contributed by atoms with Gasteiger partial charge in [0.05, 0.1) is 129 Å². The molecule has 147 heavy (non-hydrogen) atoms. The molecule has 0 aromatic rings. The topological polar surface area (TPSA) is 497 Å². The largest absolute Gasteiger partial charge is 0.492 e. The van der Waals surface area contributed by atoms with Crippen LogP contribution in [0.2, 0.25) is 0 Å². The fourth-order valence-electron chi connectivity index (χ4n) is 25.9. The number of methoxy groups -OCH3 is 8. The van der Waals surface area contributed by atoms with Crippen LogP contribution in [0.3, 0.4) is 0 Å². The van der Waals surface area contributed by atoms with Crippen molar-refractivity contribution in [3.05, 3.63) is 227 Å². The fourth-order valence-corrected chi connectivity index (χ4v) is 25.9. The van der Waals surface area contributed by atoms with Gasteiger partial charge < -0.3 is 62.8 Å². The first-order valence-electron chi connectivity index (χ1n) is 48.2. The predicted octanol–water partition coefficient (Wildman–Crippen LogP) is 5.45. The second kappa shape index (κ2) is 37.8. The SMILES string of the molecule is CC[C@H]1C2=C(C=C3[C@H]4C5=C(C[C@@H]([C@H](C#N)N31)N4C)C(=O)C(C)=C(OC)C5=O)C(=O)C(C)=C(OC)C2=O.CC[C@H]1C2=C(C=C3[C@H]4C5=C(C[C@@H]([C@H](C#N)N31)N4C)C(=O)C(C)=C(OC)C5=O)C(=O)C(C)=C(OC)C2=O.CC[C@H]1C2=C(C=C3[C@H]4C5=C(C[C@@H]([C@H](C#N)N31)N4C)C(=O)C(C)=C(OC)C5=O)C(=O)C(C)=C(OC)C2=O.COC1=C(C)C(=O)C2=C(C1=O)[C@@H]1C3=CC4=C(C(=O)C(OC)=C(C)C4=O)[C@H](CNC(C)=O)N3[C@@H](C#N)[C@H](C2)N1C. The second-order valence-corrected chi connectivity index (χ2v) is 39.2. The molecule has 38 heteroatoms. The number of amides is 1. The molecule has 16 atom stereocenters. The molecule has 1 amide bonds. The summed E-state index contributed by atoms with van der Waals surface area (Å²) in [6.07, 6.45) is 8.59. The number of likely N-dealkylation sites (N-methyl/N-ethyl adjacent to an activating group) is 4. The van der Waals surface area contributed by atoms with Crippen LogP contribution in [0, 0.1) is 45.3 Å². The molecular weight excluding hydrogens is 1890 g/mol. The predicted molar refractivity (Wildman–Crippen MR) is 516 cm³/mol. The van der Waals surface area contributed by atoms with Crippen LogP contribution in [0.25, 0.3) is 0 Å². The van der Waals surface area contributed by atoms with Gasteiger partial charge >= 0.3 is 0 Å². The van der Waals surface area contributed by atoms with E-state index in [2.05, 4.69) is 29.6 Å². The fraction of sp³-hybridized carbons (Fsp3) is 0.440. The quantitative estimate of drug-likeness (QED) is 0.224. The van der Waals surface area contributed by atoms with Crippen molar-refractivity contribution in [2.24, 2.45) is 0 Å². The zero-order valence-corrected chi connectivity index (χ0v) is 85.8. The van der Waals surface area contributed by atoms with E-state index in [1.807, 2.05) is 76.2 Å². The van der Waals surface area contributed by atoms with Crippen LogP contribution < -0.4 is 5.32 Å². The van der Waals surface area contributed by atoms with E-state index >= 15 is 0 Å². The number of ether oxygens (including phenoxy) is 8. The molecule has 12 aliphatic heterocycles. The molecule has 4 fully saturated rings. The molecule has 20 rings (SSSR count). The molecule has 0 aromatic heterocycles. The van der Waals surface area contributed by atoms with Crippen LogP contribution in [0.5, 0.6) is 0 Å². The van der Waals surface area contributed by atoms with Crippen molar-refractivity contribution >= 4 is 98.4 Å².